The third kappa shape index (κ3) is 2.93. The van der Waals surface area contributed by atoms with E-state index in [4.69, 9.17) is 4.74 Å². The van der Waals surface area contributed by atoms with E-state index in [1.807, 2.05) is 30.3 Å². The van der Waals surface area contributed by atoms with Crippen LogP contribution in [0.1, 0.15) is 27.8 Å². The van der Waals surface area contributed by atoms with Gasteiger partial charge in [0.25, 0.3) is 0 Å². The van der Waals surface area contributed by atoms with Crippen molar-refractivity contribution in [2.75, 3.05) is 7.11 Å². The van der Waals surface area contributed by atoms with Gasteiger partial charge in [-0.15, -0.1) is 23.5 Å². The molecule has 2 aliphatic rings. The first kappa shape index (κ1) is 18.7. The quantitative estimate of drug-likeness (QED) is 0.826. The average molecular weight is 399 g/mol. The molecule has 1 heterocycles. The first-order chi connectivity index (χ1) is 13.0. The van der Waals surface area contributed by atoms with Crippen molar-refractivity contribution in [2.24, 2.45) is 0 Å². The third-order valence-electron chi connectivity index (χ3n) is 5.35. The summed E-state index contributed by atoms with van der Waals surface area (Å²) in [5.74, 6) is 1.71. The van der Waals surface area contributed by atoms with E-state index in [1.54, 1.807) is 23.5 Å². The van der Waals surface area contributed by atoms with Crippen LogP contribution in [0.3, 0.4) is 0 Å². The minimum Gasteiger partial charge on any atom is -0.497 e. The number of methoxy groups -OCH3 is 1. The van der Waals surface area contributed by atoms with Crippen molar-refractivity contribution in [1.82, 2.24) is 0 Å². The number of carbonyl (C=O) groups excluding carboxylic acids is 1. The Kier molecular flexibility index (Phi) is 4.87. The molecule has 0 bridgehead atoms. The van der Waals surface area contributed by atoms with Crippen LogP contribution in [0.25, 0.3) is 5.57 Å². The van der Waals surface area contributed by atoms with Crippen molar-refractivity contribution in [3.05, 3.63) is 76.0 Å². The molecule has 0 saturated carbocycles. The standard InChI is InChI=1S/C22H22O3S2/c1-13-9-16-11-26-21(27-12-17(16)10-14(13)2)22(24)19(23)18(20(22)25-3)15-7-5-4-6-8-15/h4-10,21,24H,11-12H2,1-3H3. The van der Waals surface area contributed by atoms with E-state index in [0.717, 1.165) is 17.1 Å². The summed E-state index contributed by atoms with van der Waals surface area (Å²) >= 11 is 3.24. The predicted molar refractivity (Wildman–Crippen MR) is 113 cm³/mol. The SMILES string of the molecule is COC1=C(c2ccccc2)C(=O)C1(O)C1SCc2cc(C)c(C)cc2CS1. The lowest BCUT2D eigenvalue weighted by Crippen LogP contribution is -2.56. The maximum absolute atomic E-state index is 13.0. The molecule has 1 N–H and O–H groups in total. The number of rotatable bonds is 3. The van der Waals surface area contributed by atoms with Gasteiger partial charge in [0, 0.05) is 11.5 Å². The Labute approximate surface area is 168 Å². The van der Waals surface area contributed by atoms with Gasteiger partial charge in [0.1, 0.15) is 5.76 Å². The Morgan fingerprint density at radius 3 is 2.11 bits per heavy atom. The van der Waals surface area contributed by atoms with E-state index in [2.05, 4.69) is 26.0 Å². The first-order valence-corrected chi connectivity index (χ1v) is 11.0. The molecule has 1 atom stereocenters. The number of aryl methyl sites for hydroxylation is 2. The minimum absolute atomic E-state index is 0.242. The number of thioether (sulfide) groups is 2. The molecule has 0 aromatic heterocycles. The Balaban J connectivity index is 1.66. The van der Waals surface area contributed by atoms with Crippen LogP contribution in [-0.2, 0) is 21.0 Å². The van der Waals surface area contributed by atoms with Gasteiger partial charge < -0.3 is 9.84 Å². The highest BCUT2D eigenvalue weighted by Gasteiger charge is 2.60. The van der Waals surface area contributed by atoms with Crippen molar-refractivity contribution in [3.8, 4) is 0 Å². The zero-order valence-electron chi connectivity index (χ0n) is 15.6. The predicted octanol–water partition coefficient (Wildman–Crippen LogP) is 4.48. The number of ketones is 1. The summed E-state index contributed by atoms with van der Waals surface area (Å²) in [6.07, 6.45) is 0. The smallest absolute Gasteiger partial charge is 0.208 e. The van der Waals surface area contributed by atoms with E-state index >= 15 is 0 Å². The van der Waals surface area contributed by atoms with Crippen molar-refractivity contribution < 1.29 is 14.6 Å². The highest BCUT2D eigenvalue weighted by Crippen LogP contribution is 2.52. The fourth-order valence-electron chi connectivity index (χ4n) is 3.69. The number of hydrogen-bond donors (Lipinski definition) is 1. The molecule has 1 aliphatic carbocycles. The molecule has 1 unspecified atom stereocenters. The van der Waals surface area contributed by atoms with Gasteiger partial charge >= 0.3 is 0 Å². The lowest BCUT2D eigenvalue weighted by Gasteiger charge is -2.42. The second-order valence-corrected chi connectivity index (χ2v) is 9.51. The van der Waals surface area contributed by atoms with Gasteiger partial charge in [0.15, 0.2) is 0 Å². The number of ether oxygens (including phenoxy) is 1. The normalized spacial score (nSPS) is 22.9. The lowest BCUT2D eigenvalue weighted by atomic mass is 9.75. The van der Waals surface area contributed by atoms with Crippen LogP contribution in [0.2, 0.25) is 0 Å². The van der Waals surface area contributed by atoms with Crippen molar-refractivity contribution in [3.63, 3.8) is 0 Å². The average Bonchev–Trinajstić information content (AvgIpc) is 2.88. The molecule has 4 rings (SSSR count). The summed E-state index contributed by atoms with van der Waals surface area (Å²) in [6, 6.07) is 13.9. The third-order valence-corrected chi connectivity index (χ3v) is 8.41. The molecule has 0 radical (unpaired) electrons. The van der Waals surface area contributed by atoms with Crippen LogP contribution >= 0.6 is 23.5 Å². The Hall–Kier alpha value is -1.69. The highest BCUT2D eigenvalue weighted by molar-refractivity contribution is 8.16. The molecule has 3 nitrogen and oxygen atoms in total. The second kappa shape index (κ2) is 7.04. The van der Waals surface area contributed by atoms with Crippen molar-refractivity contribution >= 4 is 34.9 Å². The summed E-state index contributed by atoms with van der Waals surface area (Å²) in [5.41, 5.74) is 4.86. The molecule has 5 heteroatoms. The van der Waals surface area contributed by atoms with Gasteiger partial charge in [-0.05, 0) is 41.7 Å². The zero-order valence-corrected chi connectivity index (χ0v) is 17.2. The number of aliphatic hydroxyl groups is 1. The van der Waals surface area contributed by atoms with E-state index in [-0.39, 0.29) is 10.4 Å². The van der Waals surface area contributed by atoms with Crippen molar-refractivity contribution in [1.29, 1.82) is 0 Å². The molecule has 2 aromatic rings. The number of carbonyl (C=O) groups is 1. The number of Topliss-reactive ketones (excluding diaryl/α,β-unsaturated/α-hetero) is 1. The van der Waals surface area contributed by atoms with Crippen LogP contribution in [0.15, 0.2) is 48.2 Å². The minimum atomic E-state index is -1.57. The second-order valence-electron chi connectivity index (χ2n) is 7.03. The van der Waals surface area contributed by atoms with E-state index in [9.17, 15) is 9.90 Å². The fraction of sp³-hybridized carbons (Fsp3) is 0.318. The topological polar surface area (TPSA) is 46.5 Å². The van der Waals surface area contributed by atoms with Crippen LogP contribution in [0.4, 0.5) is 0 Å². The molecular weight excluding hydrogens is 376 g/mol. The van der Waals surface area contributed by atoms with Crippen LogP contribution in [-0.4, -0.2) is 28.2 Å². The molecular formula is C22H22O3S2. The molecule has 140 valence electrons. The van der Waals surface area contributed by atoms with Gasteiger partial charge in [-0.2, -0.15) is 0 Å². The Morgan fingerprint density at radius 2 is 1.59 bits per heavy atom. The molecule has 0 saturated heterocycles. The molecule has 0 fully saturated rings. The molecule has 2 aromatic carbocycles. The van der Waals surface area contributed by atoms with E-state index < -0.39 is 5.60 Å². The molecule has 27 heavy (non-hydrogen) atoms. The maximum atomic E-state index is 13.0. The monoisotopic (exact) mass is 398 g/mol. The maximum Gasteiger partial charge on any atom is 0.208 e. The van der Waals surface area contributed by atoms with Gasteiger partial charge in [-0.1, -0.05) is 42.5 Å². The summed E-state index contributed by atoms with van der Waals surface area (Å²) < 4.78 is 5.24. The molecule has 0 amide bonds. The van der Waals surface area contributed by atoms with Gasteiger partial charge in [-0.3, -0.25) is 4.79 Å². The zero-order chi connectivity index (χ0) is 19.2. The van der Waals surface area contributed by atoms with E-state index in [1.165, 1.54) is 29.4 Å². The number of benzene rings is 2. The Bertz CT molecular complexity index is 903. The lowest BCUT2D eigenvalue weighted by molar-refractivity contribution is -0.133. The first-order valence-electron chi connectivity index (χ1n) is 8.90. The number of fused-ring (bicyclic) bond motifs is 1. The summed E-state index contributed by atoms with van der Waals surface area (Å²) in [4.78, 5) is 13.0. The summed E-state index contributed by atoms with van der Waals surface area (Å²) in [7, 11) is 1.53. The van der Waals surface area contributed by atoms with Gasteiger partial charge in [0.05, 0.1) is 17.3 Å². The fourth-order valence-corrected chi connectivity index (χ4v) is 6.59. The number of hydrogen-bond acceptors (Lipinski definition) is 5. The van der Waals surface area contributed by atoms with Crippen LogP contribution < -0.4 is 0 Å². The largest absolute Gasteiger partial charge is 0.497 e. The molecule has 1 aliphatic heterocycles. The van der Waals surface area contributed by atoms with Gasteiger partial charge in [0.2, 0.25) is 11.4 Å². The molecule has 0 spiro atoms. The van der Waals surface area contributed by atoms with Gasteiger partial charge in [-0.25, -0.2) is 0 Å². The summed E-state index contributed by atoms with van der Waals surface area (Å²) in [6.45, 7) is 4.24. The van der Waals surface area contributed by atoms with Crippen LogP contribution in [0, 0.1) is 13.8 Å². The summed E-state index contributed by atoms with van der Waals surface area (Å²) in [5, 5.41) is 11.3. The van der Waals surface area contributed by atoms with E-state index in [0.29, 0.717) is 11.3 Å². The highest BCUT2D eigenvalue weighted by atomic mass is 32.2. The Morgan fingerprint density at radius 1 is 1.04 bits per heavy atom. The van der Waals surface area contributed by atoms with Crippen molar-refractivity contribution in [2.45, 2.75) is 35.5 Å². The van der Waals surface area contributed by atoms with Crippen LogP contribution in [0.5, 0.6) is 0 Å².